The number of likely N-dealkylation sites (tertiary alicyclic amines) is 1. The van der Waals surface area contributed by atoms with Crippen LogP contribution in [0.3, 0.4) is 0 Å². The number of hydrogen-bond acceptors (Lipinski definition) is 7. The molecular formula is C13H15N2NaO9S2. The summed E-state index contributed by atoms with van der Waals surface area (Å²) in [5.41, 5.74) is 0.122. The summed E-state index contributed by atoms with van der Waals surface area (Å²) in [6.45, 7) is -0.0515. The predicted molar refractivity (Wildman–Crippen MR) is 85.2 cm³/mol. The van der Waals surface area contributed by atoms with Crippen LogP contribution in [0.25, 0.3) is 0 Å². The summed E-state index contributed by atoms with van der Waals surface area (Å²) in [5.74, 6) is -1.92. The normalized spacial score (nSPS) is 23.3. The zero-order valence-electron chi connectivity index (χ0n) is 15.0. The molecule has 0 bridgehead atoms. The van der Waals surface area contributed by atoms with Gasteiger partial charge in [0, 0.05) is 6.54 Å². The van der Waals surface area contributed by atoms with Crippen LogP contribution in [-0.2, 0) is 34.5 Å². The number of β-lactam (4-membered cyclic amide) rings is 1. The van der Waals surface area contributed by atoms with Gasteiger partial charge in [-0.25, -0.2) is 8.49 Å². The summed E-state index contributed by atoms with van der Waals surface area (Å²) in [6, 6.07) is 5.37. The summed E-state index contributed by atoms with van der Waals surface area (Å²) in [5, 5.41) is 0. The average molecular weight is 430 g/mol. The monoisotopic (exact) mass is 430 g/mol. The first kappa shape index (κ1) is 22.2. The van der Waals surface area contributed by atoms with Crippen molar-refractivity contribution in [2.24, 2.45) is 0 Å². The van der Waals surface area contributed by atoms with E-state index in [1.54, 1.807) is 6.07 Å². The van der Waals surface area contributed by atoms with Gasteiger partial charge in [-0.05, 0) is 12.0 Å². The minimum absolute atomic E-state index is 0. The Balaban J connectivity index is 0.00000196. The van der Waals surface area contributed by atoms with Crippen LogP contribution >= 0.6 is 0 Å². The van der Waals surface area contributed by atoms with E-state index in [1.165, 1.54) is 24.3 Å². The molecule has 2 N–H and O–H groups in total. The molecule has 2 aliphatic heterocycles. The Bertz CT molecular complexity index is 957. The van der Waals surface area contributed by atoms with Crippen molar-refractivity contribution in [1.82, 2.24) is 9.21 Å². The van der Waals surface area contributed by atoms with Gasteiger partial charge in [-0.1, -0.05) is 30.3 Å². The van der Waals surface area contributed by atoms with Crippen LogP contribution in [-0.4, -0.2) is 65.6 Å². The van der Waals surface area contributed by atoms with Crippen LogP contribution in [0.1, 0.15) is 19.5 Å². The third-order valence-electron chi connectivity index (χ3n) is 4.21. The third-order valence-corrected chi connectivity index (χ3v) is 5.60. The summed E-state index contributed by atoms with van der Waals surface area (Å²) in [7, 11) is -9.73. The summed E-state index contributed by atoms with van der Waals surface area (Å²) in [6.07, 6.45) is -1.66. The van der Waals surface area contributed by atoms with Gasteiger partial charge in [0.05, 0.1) is 6.04 Å². The van der Waals surface area contributed by atoms with Crippen molar-refractivity contribution in [1.29, 1.82) is 0 Å². The molecule has 2 aliphatic rings. The fraction of sp³-hybridized carbons (Fsp3) is 0.385. The molecular weight excluding hydrogens is 415 g/mol. The average Bonchev–Trinajstić information content (AvgIpc) is 2.89. The molecule has 1 aromatic carbocycles. The number of nitrogens with zero attached hydrogens (tertiary/aromatic N) is 2. The fourth-order valence-electron chi connectivity index (χ4n) is 3.20. The number of carbonyl (C=O) groups is 2. The van der Waals surface area contributed by atoms with E-state index >= 15 is 0 Å². The molecule has 3 rings (SSSR count). The molecule has 27 heavy (non-hydrogen) atoms. The van der Waals surface area contributed by atoms with E-state index in [4.69, 9.17) is 9.11 Å². The quantitative estimate of drug-likeness (QED) is 0.272. The van der Waals surface area contributed by atoms with Crippen molar-refractivity contribution >= 4 is 32.5 Å². The van der Waals surface area contributed by atoms with Gasteiger partial charge < -0.3 is 6.33 Å². The number of carbonyl (C=O) groups excluding carboxylic acids is 2. The minimum atomic E-state index is -4.99. The maximum absolute atomic E-state index is 12.8. The van der Waals surface area contributed by atoms with Crippen LogP contribution in [0.5, 0.6) is 0 Å². The van der Waals surface area contributed by atoms with Gasteiger partial charge in [-0.15, -0.1) is 0 Å². The number of hydrogen-bond donors (Lipinski definition) is 2. The maximum atomic E-state index is 12.8. The van der Waals surface area contributed by atoms with E-state index in [0.29, 0.717) is 0 Å². The van der Waals surface area contributed by atoms with E-state index in [-0.39, 0.29) is 53.8 Å². The van der Waals surface area contributed by atoms with Crippen molar-refractivity contribution in [3.05, 3.63) is 35.9 Å². The summed E-state index contributed by atoms with van der Waals surface area (Å²) >= 11 is 0. The smallest absolute Gasteiger partial charge is 1.00 e. The van der Waals surface area contributed by atoms with Gasteiger partial charge in [0.1, 0.15) is 6.04 Å². The Morgan fingerprint density at radius 1 is 1.19 bits per heavy atom. The van der Waals surface area contributed by atoms with Gasteiger partial charge in [0.15, 0.2) is 6.10 Å². The molecule has 1 unspecified atom stereocenters. The van der Waals surface area contributed by atoms with Gasteiger partial charge in [0.25, 0.3) is 11.8 Å². The topological polar surface area (TPSA) is 159 Å². The van der Waals surface area contributed by atoms with Crippen molar-refractivity contribution in [2.45, 2.75) is 24.6 Å². The Morgan fingerprint density at radius 3 is 2.30 bits per heavy atom. The van der Waals surface area contributed by atoms with Crippen molar-refractivity contribution < 1.29 is 70.7 Å². The Hall–Kier alpha value is -1.06. The molecule has 0 spiro atoms. The van der Waals surface area contributed by atoms with Crippen molar-refractivity contribution in [3.63, 3.8) is 0 Å². The molecule has 2 heterocycles. The Kier molecular flexibility index (Phi) is 6.38. The second-order valence-corrected chi connectivity index (χ2v) is 8.10. The first-order valence-electron chi connectivity index (χ1n) is 7.32. The van der Waals surface area contributed by atoms with Crippen LogP contribution in [0.15, 0.2) is 30.3 Å². The SMILES string of the molecule is O=C(C(OS(=O)(=O)O)c1ccccc1)N1CC[C@@H]2[C@H]1C(=O)N2S(=O)(=O)O.[H-].[Na+]. The fourth-order valence-corrected chi connectivity index (χ4v) is 4.54. The minimum Gasteiger partial charge on any atom is -1.00 e. The molecule has 0 saturated carbocycles. The largest absolute Gasteiger partial charge is 1.00 e. The summed E-state index contributed by atoms with van der Waals surface area (Å²) in [4.78, 5) is 25.8. The van der Waals surface area contributed by atoms with Crippen molar-refractivity contribution in [2.75, 3.05) is 6.54 Å². The molecule has 2 saturated heterocycles. The van der Waals surface area contributed by atoms with E-state index in [0.717, 1.165) is 4.90 Å². The number of fused-ring (bicyclic) bond motifs is 1. The molecule has 144 valence electrons. The van der Waals surface area contributed by atoms with E-state index < -0.39 is 50.7 Å². The predicted octanol–water partition coefficient (Wildman–Crippen LogP) is -3.72. The molecule has 11 nitrogen and oxygen atoms in total. The molecule has 3 atom stereocenters. The van der Waals surface area contributed by atoms with E-state index in [1.807, 2.05) is 0 Å². The van der Waals surface area contributed by atoms with Crippen LogP contribution in [0, 0.1) is 0 Å². The van der Waals surface area contributed by atoms with Crippen LogP contribution in [0.2, 0.25) is 0 Å². The van der Waals surface area contributed by atoms with Gasteiger partial charge >= 0.3 is 50.3 Å². The third kappa shape index (κ3) is 4.35. The zero-order valence-corrected chi connectivity index (χ0v) is 17.6. The first-order valence-corrected chi connectivity index (χ1v) is 10.1. The van der Waals surface area contributed by atoms with Gasteiger partial charge in [0.2, 0.25) is 0 Å². The molecule has 0 aliphatic carbocycles. The number of benzene rings is 1. The molecule has 2 amide bonds. The van der Waals surface area contributed by atoms with Crippen LogP contribution < -0.4 is 29.6 Å². The summed E-state index contributed by atoms with van der Waals surface area (Å²) < 4.78 is 67.4. The molecule has 1 aromatic rings. The molecule has 2 fully saturated rings. The number of rotatable bonds is 5. The van der Waals surface area contributed by atoms with Crippen molar-refractivity contribution in [3.8, 4) is 0 Å². The van der Waals surface area contributed by atoms with Crippen LogP contribution in [0.4, 0.5) is 0 Å². The zero-order chi connectivity index (χ0) is 19.3. The Morgan fingerprint density at radius 2 is 1.78 bits per heavy atom. The molecule has 14 heteroatoms. The van der Waals surface area contributed by atoms with E-state index in [2.05, 4.69) is 4.18 Å². The maximum Gasteiger partial charge on any atom is 1.00 e. The molecule has 0 radical (unpaired) electrons. The van der Waals surface area contributed by atoms with E-state index in [9.17, 15) is 26.4 Å². The second kappa shape index (κ2) is 7.75. The Labute approximate surface area is 178 Å². The molecule has 0 aromatic heterocycles. The number of amides is 2. The van der Waals surface area contributed by atoms with Gasteiger partial charge in [-0.2, -0.15) is 16.8 Å². The second-order valence-electron chi connectivity index (χ2n) is 5.76. The standard InChI is InChI=1S/C13H14N2O9S2.Na.H/c16-12-10-9(15(12)25(18,19)20)6-7-14(10)13(17)11(24-26(21,22)23)8-4-2-1-3-5-8;;/h1-5,9-11H,6-7H2,(H,18,19,20)(H,21,22,23);;/q;+1;-1/t9-,10+,11?;;/m1../s1. The van der Waals surface area contributed by atoms with Gasteiger partial charge in [-0.3, -0.25) is 18.7 Å². The first-order chi connectivity index (χ1) is 12.0.